The molecule has 59 heavy (non-hydrogen) atoms. The summed E-state index contributed by atoms with van der Waals surface area (Å²) in [7, 11) is 0. The Balaban J connectivity index is 2.00. The lowest BCUT2D eigenvalue weighted by Crippen LogP contribution is -2.64. The third-order valence-corrected chi connectivity index (χ3v) is 11.3. The number of hydrogen-bond acceptors (Lipinski definition) is 13. The topological polar surface area (TPSA) is 131 Å². The monoisotopic (exact) mass is 849 g/mol. The SMILES string of the molecule is CCCCOCC1OC(OC2CCOC(COCCCC)C2OC2OC(C)C(OCCCC)C(OCCCC)C2OCCCC)C(OCCCC)C(OCCCC)C1O. The van der Waals surface area contributed by atoms with Crippen LogP contribution in [0.3, 0.4) is 0 Å². The maximum atomic E-state index is 11.7. The molecule has 0 spiro atoms. The molecule has 13 atom stereocenters. The van der Waals surface area contributed by atoms with Crippen LogP contribution in [0.2, 0.25) is 0 Å². The van der Waals surface area contributed by atoms with Crippen molar-refractivity contribution in [2.75, 3.05) is 66.1 Å². The molecule has 3 aliphatic rings. The zero-order chi connectivity index (χ0) is 42.7. The van der Waals surface area contributed by atoms with Crippen LogP contribution in [0.5, 0.6) is 0 Å². The molecule has 1 N–H and O–H groups in total. The van der Waals surface area contributed by atoms with Crippen LogP contribution >= 0.6 is 0 Å². The van der Waals surface area contributed by atoms with Crippen molar-refractivity contribution < 1.29 is 61.9 Å². The highest BCUT2D eigenvalue weighted by Crippen LogP contribution is 2.35. The molecular weight excluding hydrogens is 760 g/mol. The predicted molar refractivity (Wildman–Crippen MR) is 228 cm³/mol. The summed E-state index contributed by atoms with van der Waals surface area (Å²) in [6.45, 7) is 21.9. The van der Waals surface area contributed by atoms with Crippen molar-refractivity contribution in [2.24, 2.45) is 0 Å². The summed E-state index contributed by atoms with van der Waals surface area (Å²) in [4.78, 5) is 0. The van der Waals surface area contributed by atoms with E-state index in [1.54, 1.807) is 0 Å². The van der Waals surface area contributed by atoms with Gasteiger partial charge in [0.25, 0.3) is 0 Å². The molecule has 0 saturated carbocycles. The summed E-state index contributed by atoms with van der Waals surface area (Å²) in [5.41, 5.74) is 0. The van der Waals surface area contributed by atoms with Crippen LogP contribution in [0.15, 0.2) is 0 Å². The average Bonchev–Trinajstić information content (AvgIpc) is 3.23. The molecule has 3 heterocycles. The lowest BCUT2D eigenvalue weighted by atomic mass is 9.96. The highest BCUT2D eigenvalue weighted by Gasteiger charge is 2.52. The van der Waals surface area contributed by atoms with Crippen molar-refractivity contribution in [3.8, 4) is 0 Å². The summed E-state index contributed by atoms with van der Waals surface area (Å²) >= 11 is 0. The zero-order valence-corrected chi connectivity index (χ0v) is 38.5. The Kier molecular flexibility index (Phi) is 28.8. The lowest BCUT2D eigenvalue weighted by molar-refractivity contribution is -0.365. The van der Waals surface area contributed by atoms with E-state index in [2.05, 4.69) is 48.5 Å². The molecule has 0 bridgehead atoms. The zero-order valence-electron chi connectivity index (χ0n) is 38.5. The predicted octanol–water partition coefficient (Wildman–Crippen LogP) is 7.94. The van der Waals surface area contributed by atoms with Crippen LogP contribution in [0.25, 0.3) is 0 Å². The first-order chi connectivity index (χ1) is 28.9. The molecule has 3 saturated heterocycles. The number of hydrogen-bond donors (Lipinski definition) is 1. The molecule has 13 nitrogen and oxygen atoms in total. The Hall–Kier alpha value is -0.520. The third kappa shape index (κ3) is 18.2. The second kappa shape index (κ2) is 32.2. The van der Waals surface area contributed by atoms with Crippen LogP contribution in [-0.2, 0) is 56.8 Å². The van der Waals surface area contributed by atoms with E-state index >= 15 is 0 Å². The van der Waals surface area contributed by atoms with Crippen LogP contribution in [-0.4, -0.2) is 151 Å². The van der Waals surface area contributed by atoms with Crippen LogP contribution in [0, 0.1) is 0 Å². The maximum absolute atomic E-state index is 11.7. The van der Waals surface area contributed by atoms with Crippen LogP contribution in [0.1, 0.15) is 152 Å². The quantitative estimate of drug-likeness (QED) is 0.0630. The number of ether oxygens (including phenoxy) is 12. The Morgan fingerprint density at radius 1 is 0.458 bits per heavy atom. The van der Waals surface area contributed by atoms with Crippen molar-refractivity contribution >= 4 is 0 Å². The number of aliphatic hydroxyl groups is 1. The van der Waals surface area contributed by atoms with E-state index in [0.717, 1.165) is 89.9 Å². The summed E-state index contributed by atoms with van der Waals surface area (Å²) in [6.07, 6.45) is 6.00. The van der Waals surface area contributed by atoms with Crippen molar-refractivity contribution in [2.45, 2.75) is 231 Å². The molecular formula is C46H88O13. The largest absolute Gasteiger partial charge is 0.387 e. The third-order valence-electron chi connectivity index (χ3n) is 11.3. The highest BCUT2D eigenvalue weighted by atomic mass is 16.8. The molecule has 0 radical (unpaired) electrons. The maximum Gasteiger partial charge on any atom is 0.187 e. The molecule has 0 aromatic rings. The molecule has 0 aliphatic carbocycles. The van der Waals surface area contributed by atoms with E-state index in [1.165, 1.54) is 0 Å². The number of aliphatic hydroxyl groups excluding tert-OH is 1. The lowest BCUT2D eigenvalue weighted by Gasteiger charge is -2.49. The molecule has 350 valence electrons. The van der Waals surface area contributed by atoms with Crippen LogP contribution in [0.4, 0.5) is 0 Å². The van der Waals surface area contributed by atoms with Gasteiger partial charge in [0.2, 0.25) is 0 Å². The fraction of sp³-hybridized carbons (Fsp3) is 1.00. The first-order valence-corrected chi connectivity index (χ1v) is 24.0. The summed E-state index contributed by atoms with van der Waals surface area (Å²) < 4.78 is 79.2. The Labute approximate surface area is 358 Å². The van der Waals surface area contributed by atoms with E-state index in [1.807, 2.05) is 6.92 Å². The minimum atomic E-state index is -0.961. The molecule has 3 fully saturated rings. The van der Waals surface area contributed by atoms with Gasteiger partial charge in [0.05, 0.1) is 25.4 Å². The van der Waals surface area contributed by atoms with Gasteiger partial charge in [-0.2, -0.15) is 0 Å². The first-order valence-electron chi connectivity index (χ1n) is 24.0. The Bertz CT molecular complexity index is 995. The molecule has 13 unspecified atom stereocenters. The first kappa shape index (κ1) is 52.8. The molecule has 0 amide bonds. The second-order valence-electron chi connectivity index (χ2n) is 16.5. The van der Waals surface area contributed by atoms with E-state index < -0.39 is 67.5 Å². The average molecular weight is 849 g/mol. The van der Waals surface area contributed by atoms with E-state index in [9.17, 15) is 5.11 Å². The Morgan fingerprint density at radius 3 is 1.41 bits per heavy atom. The van der Waals surface area contributed by atoms with E-state index in [0.29, 0.717) is 65.9 Å². The van der Waals surface area contributed by atoms with Crippen LogP contribution < -0.4 is 0 Å². The summed E-state index contributed by atoms with van der Waals surface area (Å²) in [5, 5.41) is 11.7. The van der Waals surface area contributed by atoms with Gasteiger partial charge >= 0.3 is 0 Å². The van der Waals surface area contributed by atoms with Gasteiger partial charge in [-0.15, -0.1) is 0 Å². The van der Waals surface area contributed by atoms with E-state index in [-0.39, 0.29) is 18.8 Å². The van der Waals surface area contributed by atoms with Gasteiger partial charge in [-0.1, -0.05) is 93.4 Å². The standard InChI is InChI=1S/C46H88O13/c1-9-16-24-48-32-36-38(47)41(52-27-19-12-4)43(54-29-21-14-6)46(58-36)57-35-23-31-50-37(33-49-25-17-10-2)40(35)59-45-44(55-30-22-15-7)42(53-28-20-13-5)39(34(8)56-45)51-26-18-11-3/h34-47H,9-33H2,1-8H3. The van der Waals surface area contributed by atoms with Crippen molar-refractivity contribution in [3.63, 3.8) is 0 Å². The second-order valence-corrected chi connectivity index (χ2v) is 16.5. The summed E-state index contributed by atoms with van der Waals surface area (Å²) in [5.74, 6) is 0. The Morgan fingerprint density at radius 2 is 0.881 bits per heavy atom. The number of unbranched alkanes of at least 4 members (excludes halogenated alkanes) is 7. The van der Waals surface area contributed by atoms with Gasteiger partial charge < -0.3 is 61.9 Å². The molecule has 3 aliphatic heterocycles. The van der Waals surface area contributed by atoms with Crippen molar-refractivity contribution in [3.05, 3.63) is 0 Å². The van der Waals surface area contributed by atoms with Gasteiger partial charge in [0.1, 0.15) is 54.9 Å². The molecule has 0 aromatic carbocycles. The van der Waals surface area contributed by atoms with Gasteiger partial charge in [0.15, 0.2) is 12.6 Å². The van der Waals surface area contributed by atoms with Gasteiger partial charge in [-0.05, 0) is 58.3 Å². The van der Waals surface area contributed by atoms with Crippen molar-refractivity contribution in [1.82, 2.24) is 0 Å². The fourth-order valence-electron chi connectivity index (χ4n) is 7.52. The van der Waals surface area contributed by atoms with E-state index in [4.69, 9.17) is 56.8 Å². The molecule has 13 heteroatoms. The molecule has 3 rings (SSSR count). The minimum Gasteiger partial charge on any atom is -0.387 e. The van der Waals surface area contributed by atoms with Crippen molar-refractivity contribution in [1.29, 1.82) is 0 Å². The fourth-order valence-corrected chi connectivity index (χ4v) is 7.52. The minimum absolute atomic E-state index is 0.212. The van der Waals surface area contributed by atoms with Gasteiger partial charge in [-0.25, -0.2) is 0 Å². The highest BCUT2D eigenvalue weighted by molar-refractivity contribution is 4.96. The number of rotatable bonds is 34. The molecule has 0 aromatic heterocycles. The normalized spacial score (nSPS) is 32.8. The summed E-state index contributed by atoms with van der Waals surface area (Å²) in [6, 6.07) is 0. The smallest absolute Gasteiger partial charge is 0.187 e. The van der Waals surface area contributed by atoms with Gasteiger partial charge in [-0.3, -0.25) is 0 Å². The van der Waals surface area contributed by atoms with Gasteiger partial charge in [0, 0.05) is 52.9 Å².